The van der Waals surface area contributed by atoms with E-state index in [1.54, 1.807) is 6.07 Å². The molecule has 0 radical (unpaired) electrons. The van der Waals surface area contributed by atoms with Crippen LogP contribution in [0.15, 0.2) is 109 Å². The Morgan fingerprint density at radius 3 is 1.63 bits per heavy atom. The Hall–Kier alpha value is -4.15. The van der Waals surface area contributed by atoms with Gasteiger partial charge in [-0.15, -0.1) is 0 Å². The van der Waals surface area contributed by atoms with Crippen molar-refractivity contribution in [1.82, 2.24) is 4.57 Å². The Kier molecular flexibility index (Phi) is 5.98. The van der Waals surface area contributed by atoms with Gasteiger partial charge >= 0.3 is 0 Å². The third-order valence-corrected chi connectivity index (χ3v) is 10.9. The summed E-state index contributed by atoms with van der Waals surface area (Å²) in [6, 6.07) is 35.3. The highest BCUT2D eigenvalue weighted by Gasteiger charge is 2.45. The molecule has 4 aromatic carbocycles. The van der Waals surface area contributed by atoms with Gasteiger partial charge in [-0.05, 0) is 42.5 Å². The fraction of sp³-hybridized carbons (Fsp3) is 0.0714. The maximum atomic E-state index is 11.6. The second-order valence-electron chi connectivity index (χ2n) is 8.30. The molecule has 7 heteroatoms. The van der Waals surface area contributed by atoms with Crippen molar-refractivity contribution in [3.63, 3.8) is 0 Å². The number of nitro benzene ring substituents is 1. The first-order valence-electron chi connectivity index (χ1n) is 11.3. The first-order valence-corrected chi connectivity index (χ1v) is 13.2. The first kappa shape index (κ1) is 22.6. The highest BCUT2D eigenvalue weighted by atomic mass is 31.2. The number of hydrogen-bond donors (Lipinski definition) is 2. The summed E-state index contributed by atoms with van der Waals surface area (Å²) < 4.78 is 1.39. The molecule has 2 N–H and O–H groups in total. The van der Waals surface area contributed by atoms with Gasteiger partial charge < -0.3 is 10.2 Å². The van der Waals surface area contributed by atoms with Gasteiger partial charge in [-0.2, -0.15) is 0 Å². The van der Waals surface area contributed by atoms with E-state index in [1.165, 1.54) is 32.6 Å². The number of fused-ring (bicyclic) bond motifs is 1. The van der Waals surface area contributed by atoms with Gasteiger partial charge in [0.2, 0.25) is 11.8 Å². The van der Waals surface area contributed by atoms with Crippen molar-refractivity contribution in [2.75, 3.05) is 6.16 Å². The lowest BCUT2D eigenvalue weighted by molar-refractivity contribution is -0.383. The summed E-state index contributed by atoms with van der Waals surface area (Å²) >= 11 is 0. The van der Waals surface area contributed by atoms with E-state index in [0.29, 0.717) is 6.16 Å². The van der Waals surface area contributed by atoms with Crippen LogP contribution in [0.4, 0.5) is 5.69 Å². The largest absolute Gasteiger partial charge is 0.494 e. The van der Waals surface area contributed by atoms with Crippen molar-refractivity contribution in [3.05, 3.63) is 119 Å². The molecule has 5 rings (SSSR count). The van der Waals surface area contributed by atoms with E-state index in [1.807, 2.05) is 54.6 Å². The molecule has 5 aromatic rings. The average Bonchev–Trinajstić information content (AvgIpc) is 3.15. The SMILES string of the molecule is O=[N+]([O-])c1cccc2c(O)n(CC[P+](c3ccccc3)(c3ccccc3)c3ccccc3)c(O)c12. The third kappa shape index (κ3) is 3.82. The lowest BCUT2D eigenvalue weighted by atomic mass is 10.2. The van der Waals surface area contributed by atoms with Crippen LogP contribution in [0.25, 0.3) is 10.8 Å². The van der Waals surface area contributed by atoms with Gasteiger partial charge in [0.05, 0.1) is 23.0 Å². The predicted molar refractivity (Wildman–Crippen MR) is 142 cm³/mol. The number of nitrogens with zero attached hydrogens (tertiary/aromatic N) is 2. The van der Waals surface area contributed by atoms with Crippen molar-refractivity contribution < 1.29 is 15.1 Å². The summed E-state index contributed by atoms with van der Waals surface area (Å²) in [4.78, 5) is 11.0. The van der Waals surface area contributed by atoms with Crippen LogP contribution in [0.1, 0.15) is 0 Å². The van der Waals surface area contributed by atoms with E-state index < -0.39 is 12.2 Å². The maximum Gasteiger partial charge on any atom is 0.282 e. The van der Waals surface area contributed by atoms with Crippen molar-refractivity contribution in [1.29, 1.82) is 0 Å². The summed E-state index contributed by atoms with van der Waals surface area (Å²) in [5.41, 5.74) is -0.232. The molecule has 35 heavy (non-hydrogen) atoms. The van der Waals surface area contributed by atoms with Crippen LogP contribution in [0.5, 0.6) is 11.8 Å². The molecule has 1 heterocycles. The number of benzene rings is 4. The van der Waals surface area contributed by atoms with E-state index in [2.05, 4.69) is 36.4 Å². The van der Waals surface area contributed by atoms with Crippen LogP contribution < -0.4 is 15.9 Å². The summed E-state index contributed by atoms with van der Waals surface area (Å²) in [5, 5.41) is 37.4. The summed E-state index contributed by atoms with van der Waals surface area (Å²) in [5.74, 6) is -0.467. The van der Waals surface area contributed by atoms with Gasteiger partial charge in [-0.25, -0.2) is 0 Å². The number of hydrogen-bond acceptors (Lipinski definition) is 4. The normalized spacial score (nSPS) is 11.5. The molecule has 6 nitrogen and oxygen atoms in total. The Labute approximate surface area is 203 Å². The van der Waals surface area contributed by atoms with E-state index in [9.17, 15) is 20.3 Å². The van der Waals surface area contributed by atoms with E-state index in [0.717, 1.165) is 0 Å². The molecular formula is C28H24N2O4P+. The van der Waals surface area contributed by atoms with Gasteiger partial charge in [-0.3, -0.25) is 14.7 Å². The molecular weight excluding hydrogens is 459 g/mol. The zero-order chi connectivity index (χ0) is 24.4. The summed E-state index contributed by atoms with van der Waals surface area (Å²) in [6.45, 7) is 0.274. The number of aromatic nitrogens is 1. The molecule has 0 saturated carbocycles. The Balaban J connectivity index is 1.70. The Bertz CT molecular complexity index is 1390. The highest BCUT2D eigenvalue weighted by molar-refractivity contribution is 7.95. The van der Waals surface area contributed by atoms with Crippen LogP contribution in [-0.4, -0.2) is 25.9 Å². The summed E-state index contributed by atoms with van der Waals surface area (Å²) in [6.07, 6.45) is 0.598. The fourth-order valence-corrected chi connectivity index (χ4v) is 9.05. The molecule has 0 spiro atoms. The number of aromatic hydroxyl groups is 2. The van der Waals surface area contributed by atoms with Crippen molar-refractivity contribution in [2.45, 2.75) is 6.54 Å². The lowest BCUT2D eigenvalue weighted by Gasteiger charge is -2.28. The predicted octanol–water partition coefficient (Wildman–Crippen LogP) is 4.95. The Morgan fingerprint density at radius 1 is 0.686 bits per heavy atom. The molecule has 0 bridgehead atoms. The van der Waals surface area contributed by atoms with Gasteiger partial charge in [0.25, 0.3) is 5.69 Å². The van der Waals surface area contributed by atoms with Gasteiger partial charge in [0.1, 0.15) is 28.6 Å². The van der Waals surface area contributed by atoms with Crippen LogP contribution in [-0.2, 0) is 6.54 Å². The molecule has 0 fully saturated rings. The zero-order valence-electron chi connectivity index (χ0n) is 18.9. The minimum absolute atomic E-state index is 0.0538. The second-order valence-corrected chi connectivity index (χ2v) is 11.9. The zero-order valence-corrected chi connectivity index (χ0v) is 19.8. The topological polar surface area (TPSA) is 88.5 Å². The average molecular weight is 483 g/mol. The number of non-ortho nitro benzene ring substituents is 1. The minimum atomic E-state index is -2.21. The molecule has 0 unspecified atom stereocenters. The maximum absolute atomic E-state index is 11.6. The van der Waals surface area contributed by atoms with Crippen molar-refractivity contribution in [3.8, 4) is 11.8 Å². The molecule has 174 valence electrons. The molecule has 0 aliphatic heterocycles. The van der Waals surface area contributed by atoms with Gasteiger partial charge in [0.15, 0.2) is 0 Å². The second kappa shape index (κ2) is 9.24. The molecule has 0 saturated heterocycles. The Morgan fingerprint density at radius 2 is 1.17 bits per heavy atom. The molecule has 0 aliphatic rings. The number of nitro groups is 1. The molecule has 0 aliphatic carbocycles. The van der Waals surface area contributed by atoms with Crippen LogP contribution in [0.3, 0.4) is 0 Å². The van der Waals surface area contributed by atoms with Crippen LogP contribution in [0.2, 0.25) is 0 Å². The highest BCUT2D eigenvalue weighted by Crippen LogP contribution is 2.56. The van der Waals surface area contributed by atoms with E-state index in [4.69, 9.17) is 0 Å². The third-order valence-electron chi connectivity index (χ3n) is 6.46. The standard InChI is InChI=1S/C28H23N2O4P/c31-27-24-17-10-18-25(30(33)34)26(24)28(32)29(27)19-20-35(21-11-4-1-5-12-21,22-13-6-2-7-14-22)23-15-8-3-9-16-23/h1-18H,19-20H2,(H-,31,32)/p+1. The van der Waals surface area contributed by atoms with Gasteiger partial charge in [0, 0.05) is 6.07 Å². The fourth-order valence-electron chi connectivity index (χ4n) is 4.84. The number of rotatable bonds is 7. The monoisotopic (exact) mass is 483 g/mol. The molecule has 0 atom stereocenters. The van der Waals surface area contributed by atoms with Crippen LogP contribution >= 0.6 is 7.26 Å². The quantitative estimate of drug-likeness (QED) is 0.195. The van der Waals surface area contributed by atoms with Crippen molar-refractivity contribution >= 4 is 39.6 Å². The first-order chi connectivity index (χ1) is 17.0. The van der Waals surface area contributed by atoms with E-state index >= 15 is 0 Å². The minimum Gasteiger partial charge on any atom is -0.494 e. The van der Waals surface area contributed by atoms with Crippen molar-refractivity contribution in [2.24, 2.45) is 0 Å². The van der Waals surface area contributed by atoms with Crippen LogP contribution in [0, 0.1) is 10.1 Å². The molecule has 1 aromatic heterocycles. The lowest BCUT2D eigenvalue weighted by Crippen LogP contribution is -2.34. The smallest absolute Gasteiger partial charge is 0.282 e. The van der Waals surface area contributed by atoms with E-state index in [-0.39, 0.29) is 34.8 Å². The van der Waals surface area contributed by atoms with Gasteiger partial charge in [-0.1, -0.05) is 60.7 Å². The summed E-state index contributed by atoms with van der Waals surface area (Å²) in [7, 11) is -2.21. The molecule has 0 amide bonds.